The summed E-state index contributed by atoms with van der Waals surface area (Å²) < 4.78 is 38.7. The lowest BCUT2D eigenvalue weighted by Crippen LogP contribution is -2.44. The molecular weight excluding hydrogens is 242 g/mol. The number of rotatable bonds is 1. The molecule has 1 aliphatic carbocycles. The fourth-order valence-corrected chi connectivity index (χ4v) is 1.84. The van der Waals surface area contributed by atoms with E-state index in [1.165, 1.54) is 0 Å². The molecule has 0 unspecified atom stereocenters. The average molecular weight is 249 g/mol. The van der Waals surface area contributed by atoms with Crippen LogP contribution in [0, 0.1) is 0 Å². The van der Waals surface area contributed by atoms with Gasteiger partial charge in [0.05, 0.1) is 0 Å². The van der Waals surface area contributed by atoms with Gasteiger partial charge < -0.3 is 3.67 Å². The maximum absolute atomic E-state index is 12.4. The number of aromatic nitrogens is 3. The summed E-state index contributed by atoms with van der Waals surface area (Å²) in [6, 6.07) is -0.385. The Morgan fingerprint density at radius 3 is 2.31 bits per heavy atom. The predicted molar refractivity (Wildman–Crippen MR) is 50.0 cm³/mol. The van der Waals surface area contributed by atoms with Gasteiger partial charge in [-0.25, -0.2) is 4.79 Å². The van der Waals surface area contributed by atoms with Crippen molar-refractivity contribution in [2.24, 2.45) is 0 Å². The van der Waals surface area contributed by atoms with Crippen molar-refractivity contribution in [3.63, 3.8) is 0 Å². The Hall–Kier alpha value is -1.07. The van der Waals surface area contributed by atoms with Crippen molar-refractivity contribution in [1.82, 2.24) is 13.3 Å². The Balaban J connectivity index is 2.75. The van der Waals surface area contributed by atoms with Gasteiger partial charge in [0.15, 0.2) is 0 Å². The number of hydrogen-bond acceptors (Lipinski definition) is 3. The number of nitrogens with zero attached hydrogens (tertiary/aromatic N) is 3. The third-order valence-electron chi connectivity index (χ3n) is 2.33. The molecular formula is C7H7AlF3N3O2. The normalized spacial score (nSPS) is 16.4. The van der Waals surface area contributed by atoms with Gasteiger partial charge in [-0.05, 0) is 12.8 Å². The first-order valence-electron chi connectivity index (χ1n) is 4.59. The van der Waals surface area contributed by atoms with E-state index in [4.69, 9.17) is 0 Å². The van der Waals surface area contributed by atoms with Crippen LogP contribution in [0.5, 0.6) is 0 Å². The highest BCUT2D eigenvalue weighted by Crippen LogP contribution is 2.32. The van der Waals surface area contributed by atoms with Crippen LogP contribution in [0.1, 0.15) is 24.6 Å². The minimum Gasteiger partial charge on any atom is -0.322 e. The molecule has 1 heterocycles. The van der Waals surface area contributed by atoms with Crippen LogP contribution in [-0.4, -0.2) is 29.8 Å². The summed E-state index contributed by atoms with van der Waals surface area (Å²) in [7, 11) is 0. The van der Waals surface area contributed by atoms with Crippen LogP contribution < -0.4 is 11.2 Å². The maximum Gasteiger partial charge on any atom is 0.440 e. The third kappa shape index (κ3) is 1.81. The standard InChI is InChI=1S/C7H6F3N3O2.Al.2H/c8-7(9,10)4-5(14)13(3-1-2-3)6(15)12-11-4;;;/h3H,1-2H2,(H,12,14,15);;;/q;+1;;/p-1. The van der Waals surface area contributed by atoms with Crippen LogP contribution in [0.25, 0.3) is 0 Å². The topological polar surface area (TPSA) is 56.9 Å². The van der Waals surface area contributed by atoms with Crippen molar-refractivity contribution in [3.8, 4) is 0 Å². The molecule has 0 N–H and O–H groups in total. The highest BCUT2D eigenvalue weighted by atomic mass is 27.1. The first kappa shape index (κ1) is 11.4. The van der Waals surface area contributed by atoms with Crippen molar-refractivity contribution < 1.29 is 13.2 Å². The van der Waals surface area contributed by atoms with Crippen LogP contribution in [-0.2, 0) is 6.18 Å². The van der Waals surface area contributed by atoms with Crippen LogP contribution >= 0.6 is 0 Å². The molecule has 1 fully saturated rings. The molecule has 0 atom stereocenters. The first-order chi connectivity index (χ1) is 7.32. The number of halogens is 3. The van der Waals surface area contributed by atoms with Gasteiger partial charge in [-0.1, -0.05) is 0 Å². The van der Waals surface area contributed by atoms with Crippen molar-refractivity contribution in [2.75, 3.05) is 0 Å². The predicted octanol–water partition coefficient (Wildman–Crippen LogP) is -0.845. The van der Waals surface area contributed by atoms with E-state index < -0.39 is 23.1 Å². The molecule has 0 saturated heterocycles. The minimum atomic E-state index is -4.81. The quantitative estimate of drug-likeness (QED) is 0.609. The SMILES string of the molecule is O=c1c(C(F)(F)F)n[n]([AlH2])c(=O)n1C1CC1. The molecule has 5 nitrogen and oxygen atoms in total. The molecule has 0 amide bonds. The van der Waals surface area contributed by atoms with Crippen molar-refractivity contribution in [2.45, 2.75) is 25.1 Å². The minimum absolute atomic E-state index is 0.0118. The summed E-state index contributed by atoms with van der Waals surface area (Å²) in [5, 5.41) is 3.02. The summed E-state index contributed by atoms with van der Waals surface area (Å²) in [6.45, 7) is 0. The molecule has 1 aromatic rings. The highest BCUT2D eigenvalue weighted by molar-refractivity contribution is 6.05. The second kappa shape index (κ2) is 3.46. The van der Waals surface area contributed by atoms with Crippen molar-refractivity contribution in [3.05, 3.63) is 26.5 Å². The Morgan fingerprint density at radius 1 is 1.31 bits per heavy atom. The molecule has 1 aliphatic rings. The molecule has 2 rings (SSSR count). The number of alkyl halides is 3. The van der Waals surface area contributed by atoms with E-state index in [9.17, 15) is 22.8 Å². The molecule has 86 valence electrons. The largest absolute Gasteiger partial charge is 0.440 e. The van der Waals surface area contributed by atoms with E-state index in [1.54, 1.807) is 0 Å². The lowest BCUT2D eigenvalue weighted by molar-refractivity contribution is -0.143. The zero-order chi connectivity index (χ0) is 12.1. The second-order valence-electron chi connectivity index (χ2n) is 3.66. The molecule has 0 spiro atoms. The summed E-state index contributed by atoms with van der Waals surface area (Å²) in [5.41, 5.74) is -3.58. The third-order valence-corrected chi connectivity index (χ3v) is 2.92. The molecule has 0 bridgehead atoms. The fraction of sp³-hybridized carbons (Fsp3) is 0.571. The Bertz CT molecular complexity index is 543. The van der Waals surface area contributed by atoms with E-state index in [-0.39, 0.29) is 22.6 Å². The van der Waals surface area contributed by atoms with Crippen LogP contribution in [0.2, 0.25) is 0 Å². The van der Waals surface area contributed by atoms with Gasteiger partial charge in [-0.3, -0.25) is 9.36 Å². The molecule has 16 heavy (non-hydrogen) atoms. The maximum atomic E-state index is 12.4. The van der Waals surface area contributed by atoms with Gasteiger partial charge in [0.25, 0.3) is 5.56 Å². The van der Waals surface area contributed by atoms with Gasteiger partial charge in [0.1, 0.15) is 0 Å². The first-order valence-corrected chi connectivity index (χ1v) is 5.49. The summed E-state index contributed by atoms with van der Waals surface area (Å²) in [4.78, 5) is 22.9. The van der Waals surface area contributed by atoms with Crippen LogP contribution in [0.15, 0.2) is 9.59 Å². The summed E-state index contributed by atoms with van der Waals surface area (Å²) in [5.74, 6) is 0. The lowest BCUT2D eigenvalue weighted by Gasteiger charge is -2.10. The highest BCUT2D eigenvalue weighted by Gasteiger charge is 2.39. The van der Waals surface area contributed by atoms with E-state index in [0.717, 1.165) is 0 Å². The second-order valence-corrected chi connectivity index (χ2v) is 4.51. The Morgan fingerprint density at radius 2 is 1.88 bits per heavy atom. The fourth-order valence-electron chi connectivity index (χ4n) is 1.43. The van der Waals surface area contributed by atoms with Crippen LogP contribution in [0.3, 0.4) is 0 Å². The zero-order valence-electron chi connectivity index (χ0n) is 8.28. The Labute approximate surface area is 95.1 Å². The summed E-state index contributed by atoms with van der Waals surface area (Å²) >= 11 is 0.0118. The van der Waals surface area contributed by atoms with Crippen LogP contribution in [0.4, 0.5) is 13.2 Å². The molecule has 9 heteroatoms. The lowest BCUT2D eigenvalue weighted by atomic mass is 10.4. The molecule has 0 aromatic carbocycles. The van der Waals surface area contributed by atoms with Gasteiger partial charge in [0.2, 0.25) is 5.69 Å². The molecule has 0 aliphatic heterocycles. The van der Waals surface area contributed by atoms with Gasteiger partial charge >= 0.3 is 28.4 Å². The van der Waals surface area contributed by atoms with Gasteiger partial charge in [-0.15, -0.1) is 0 Å². The monoisotopic (exact) mass is 249 g/mol. The van der Waals surface area contributed by atoms with Crippen molar-refractivity contribution >= 4 is 16.5 Å². The smallest absolute Gasteiger partial charge is 0.322 e. The van der Waals surface area contributed by atoms with E-state index in [1.807, 2.05) is 0 Å². The molecule has 0 radical (unpaired) electrons. The molecule has 1 saturated carbocycles. The number of hydrogen-bond donors (Lipinski definition) is 0. The van der Waals surface area contributed by atoms with Gasteiger partial charge in [0, 0.05) is 6.04 Å². The zero-order valence-corrected chi connectivity index (χ0v) is 10.3. The van der Waals surface area contributed by atoms with Gasteiger partial charge in [-0.2, -0.15) is 18.3 Å². The average Bonchev–Trinajstić information content (AvgIpc) is 2.93. The van der Waals surface area contributed by atoms with E-state index in [0.29, 0.717) is 21.1 Å². The summed E-state index contributed by atoms with van der Waals surface area (Å²) in [6.07, 6.45) is -3.68. The molecule has 1 aromatic heterocycles. The van der Waals surface area contributed by atoms with E-state index >= 15 is 0 Å². The van der Waals surface area contributed by atoms with Crippen molar-refractivity contribution in [1.29, 1.82) is 0 Å². The van der Waals surface area contributed by atoms with E-state index in [2.05, 4.69) is 5.10 Å². The Kier molecular flexibility index (Phi) is 2.47.